The first-order valence-corrected chi connectivity index (χ1v) is 5.75. The third-order valence-corrected chi connectivity index (χ3v) is 2.63. The Morgan fingerprint density at radius 1 is 1.21 bits per heavy atom. The average molecular weight is 265 g/mol. The van der Waals surface area contributed by atoms with Crippen LogP contribution in [0.15, 0.2) is 18.2 Å². The molecule has 0 heterocycles. The van der Waals surface area contributed by atoms with Crippen molar-refractivity contribution < 1.29 is 14.3 Å². The van der Waals surface area contributed by atoms with Crippen molar-refractivity contribution in [3.05, 3.63) is 23.8 Å². The van der Waals surface area contributed by atoms with Crippen molar-refractivity contribution in [3.8, 4) is 5.75 Å². The van der Waals surface area contributed by atoms with E-state index in [1.165, 1.54) is 16.9 Å². The van der Waals surface area contributed by atoms with Gasteiger partial charge in [0.15, 0.2) is 0 Å². The number of carbonyl (C=O) groups excluding carboxylic acids is 2. The molecule has 0 radical (unpaired) electrons. The van der Waals surface area contributed by atoms with Gasteiger partial charge in [0, 0.05) is 38.5 Å². The van der Waals surface area contributed by atoms with Gasteiger partial charge in [-0.3, -0.25) is 9.59 Å². The molecule has 0 saturated carbocycles. The molecule has 0 aliphatic heterocycles. The Kier molecular flexibility index (Phi) is 4.74. The molecule has 0 fully saturated rings. The fourth-order valence-electron chi connectivity index (χ4n) is 1.50. The Hall–Kier alpha value is -2.24. The van der Waals surface area contributed by atoms with E-state index in [1.54, 1.807) is 39.3 Å². The largest absolute Gasteiger partial charge is 0.497 e. The van der Waals surface area contributed by atoms with Crippen LogP contribution in [0.5, 0.6) is 5.75 Å². The van der Waals surface area contributed by atoms with Crippen LogP contribution in [0.25, 0.3) is 0 Å². The molecule has 0 atom stereocenters. The maximum Gasteiger partial charge on any atom is 0.254 e. The van der Waals surface area contributed by atoms with Gasteiger partial charge in [-0.1, -0.05) is 0 Å². The van der Waals surface area contributed by atoms with Crippen LogP contribution in [0.3, 0.4) is 0 Å². The van der Waals surface area contributed by atoms with Crippen LogP contribution < -0.4 is 10.5 Å². The molecule has 1 rings (SSSR count). The minimum absolute atomic E-state index is 0.0168. The summed E-state index contributed by atoms with van der Waals surface area (Å²) in [6.45, 7) is 0.0168. The lowest BCUT2D eigenvalue weighted by Crippen LogP contribution is -2.37. The molecular weight excluding hydrogens is 246 g/mol. The fourth-order valence-corrected chi connectivity index (χ4v) is 1.50. The minimum atomic E-state index is -0.277. The van der Waals surface area contributed by atoms with Crippen LogP contribution in [0.2, 0.25) is 0 Å². The van der Waals surface area contributed by atoms with Gasteiger partial charge in [0.2, 0.25) is 5.91 Å². The topological polar surface area (TPSA) is 75.9 Å². The van der Waals surface area contributed by atoms with Crippen LogP contribution in [0.1, 0.15) is 10.4 Å². The van der Waals surface area contributed by atoms with Crippen molar-refractivity contribution in [2.75, 3.05) is 40.5 Å². The lowest BCUT2D eigenvalue weighted by Gasteiger charge is -2.19. The lowest BCUT2D eigenvalue weighted by atomic mass is 10.1. The number of nitrogens with zero attached hydrogens (tertiary/aromatic N) is 2. The highest BCUT2D eigenvalue weighted by Gasteiger charge is 2.17. The zero-order chi connectivity index (χ0) is 14.6. The number of hydrogen-bond donors (Lipinski definition) is 1. The standard InChI is InChI=1S/C13H19N3O3/c1-15(2)12(17)8-16(3)13(18)9-5-10(14)7-11(6-9)19-4/h5-7H,8,14H2,1-4H3. The Morgan fingerprint density at radius 2 is 1.84 bits per heavy atom. The van der Waals surface area contributed by atoms with Crippen molar-refractivity contribution in [1.29, 1.82) is 0 Å². The van der Waals surface area contributed by atoms with E-state index in [0.29, 0.717) is 17.0 Å². The van der Waals surface area contributed by atoms with E-state index in [9.17, 15) is 9.59 Å². The molecule has 104 valence electrons. The number of anilines is 1. The molecule has 0 spiro atoms. The first-order valence-electron chi connectivity index (χ1n) is 5.75. The van der Waals surface area contributed by atoms with Gasteiger partial charge in [0.25, 0.3) is 5.91 Å². The summed E-state index contributed by atoms with van der Waals surface area (Å²) in [4.78, 5) is 26.5. The van der Waals surface area contributed by atoms with Gasteiger partial charge < -0.3 is 20.3 Å². The van der Waals surface area contributed by atoms with Crippen LogP contribution >= 0.6 is 0 Å². The zero-order valence-electron chi connectivity index (χ0n) is 11.6. The summed E-state index contributed by atoms with van der Waals surface area (Å²) in [5.74, 6) is 0.0863. The molecule has 2 amide bonds. The molecule has 0 aliphatic carbocycles. The van der Waals surface area contributed by atoms with Gasteiger partial charge in [0.05, 0.1) is 13.7 Å². The Balaban J connectivity index is 2.88. The number of nitrogen functional groups attached to an aromatic ring is 1. The summed E-state index contributed by atoms with van der Waals surface area (Å²) in [6.07, 6.45) is 0. The third-order valence-electron chi connectivity index (χ3n) is 2.63. The van der Waals surface area contributed by atoms with E-state index in [0.717, 1.165) is 0 Å². The van der Waals surface area contributed by atoms with E-state index in [4.69, 9.17) is 10.5 Å². The number of rotatable bonds is 4. The van der Waals surface area contributed by atoms with Gasteiger partial charge in [-0.25, -0.2) is 0 Å². The number of benzene rings is 1. The third kappa shape index (κ3) is 3.87. The molecule has 1 aromatic carbocycles. The molecular formula is C13H19N3O3. The maximum atomic E-state index is 12.2. The number of amides is 2. The summed E-state index contributed by atoms with van der Waals surface area (Å²) >= 11 is 0. The number of ether oxygens (including phenoxy) is 1. The minimum Gasteiger partial charge on any atom is -0.497 e. The molecule has 0 saturated heterocycles. The number of carbonyl (C=O) groups is 2. The Morgan fingerprint density at radius 3 is 2.37 bits per heavy atom. The highest BCUT2D eigenvalue weighted by atomic mass is 16.5. The maximum absolute atomic E-state index is 12.2. The van der Waals surface area contributed by atoms with Crippen molar-refractivity contribution >= 4 is 17.5 Å². The predicted molar refractivity (Wildman–Crippen MR) is 73.1 cm³/mol. The highest BCUT2D eigenvalue weighted by molar-refractivity contribution is 5.97. The van der Waals surface area contributed by atoms with E-state index < -0.39 is 0 Å². The molecule has 0 aromatic heterocycles. The number of likely N-dealkylation sites (N-methyl/N-ethyl adjacent to an activating group) is 2. The van der Waals surface area contributed by atoms with Crippen LogP contribution in [-0.4, -0.2) is 56.4 Å². The molecule has 2 N–H and O–H groups in total. The lowest BCUT2D eigenvalue weighted by molar-refractivity contribution is -0.129. The summed E-state index contributed by atoms with van der Waals surface area (Å²) < 4.78 is 5.06. The van der Waals surface area contributed by atoms with Crippen molar-refractivity contribution in [3.63, 3.8) is 0 Å². The van der Waals surface area contributed by atoms with Crippen LogP contribution in [0, 0.1) is 0 Å². The molecule has 0 bridgehead atoms. The normalized spacial score (nSPS) is 9.89. The molecule has 19 heavy (non-hydrogen) atoms. The summed E-state index contributed by atoms with van der Waals surface area (Å²) in [7, 11) is 6.36. The van der Waals surface area contributed by atoms with E-state index >= 15 is 0 Å². The predicted octanol–water partition coefficient (Wildman–Crippen LogP) is 0.438. The van der Waals surface area contributed by atoms with Gasteiger partial charge >= 0.3 is 0 Å². The van der Waals surface area contributed by atoms with Gasteiger partial charge in [-0.15, -0.1) is 0 Å². The molecule has 0 aliphatic rings. The number of hydrogen-bond acceptors (Lipinski definition) is 4. The first kappa shape index (κ1) is 14.8. The van der Waals surface area contributed by atoms with Gasteiger partial charge in [-0.2, -0.15) is 0 Å². The molecule has 0 unspecified atom stereocenters. The van der Waals surface area contributed by atoms with Crippen molar-refractivity contribution in [1.82, 2.24) is 9.80 Å². The number of nitrogens with two attached hydrogens (primary N) is 1. The van der Waals surface area contributed by atoms with Crippen LogP contribution in [-0.2, 0) is 4.79 Å². The van der Waals surface area contributed by atoms with Gasteiger partial charge in [-0.05, 0) is 12.1 Å². The molecule has 1 aromatic rings. The second-order valence-corrected chi connectivity index (χ2v) is 4.44. The zero-order valence-corrected chi connectivity index (χ0v) is 11.6. The SMILES string of the molecule is COc1cc(N)cc(C(=O)N(C)CC(=O)N(C)C)c1. The van der Waals surface area contributed by atoms with Crippen molar-refractivity contribution in [2.45, 2.75) is 0 Å². The summed E-state index contributed by atoms with van der Waals surface area (Å²) in [5, 5.41) is 0. The summed E-state index contributed by atoms with van der Waals surface area (Å²) in [6, 6.07) is 4.78. The monoisotopic (exact) mass is 265 g/mol. The highest BCUT2D eigenvalue weighted by Crippen LogP contribution is 2.19. The first-order chi connectivity index (χ1) is 8.85. The van der Waals surface area contributed by atoms with Gasteiger partial charge in [0.1, 0.15) is 5.75 Å². The van der Waals surface area contributed by atoms with Crippen LogP contribution in [0.4, 0.5) is 5.69 Å². The van der Waals surface area contributed by atoms with E-state index in [-0.39, 0.29) is 18.4 Å². The Labute approximate surface area is 112 Å². The second-order valence-electron chi connectivity index (χ2n) is 4.44. The molecule has 6 heteroatoms. The summed E-state index contributed by atoms with van der Waals surface area (Å²) in [5.41, 5.74) is 6.53. The van der Waals surface area contributed by atoms with E-state index in [2.05, 4.69) is 0 Å². The average Bonchev–Trinajstić information content (AvgIpc) is 2.36. The quantitative estimate of drug-likeness (QED) is 0.801. The fraction of sp³-hybridized carbons (Fsp3) is 0.385. The molecule has 6 nitrogen and oxygen atoms in total. The number of methoxy groups -OCH3 is 1. The van der Waals surface area contributed by atoms with E-state index in [1.807, 2.05) is 0 Å². The smallest absolute Gasteiger partial charge is 0.254 e. The second kappa shape index (κ2) is 6.08. The van der Waals surface area contributed by atoms with Crippen molar-refractivity contribution in [2.24, 2.45) is 0 Å². The Bertz CT molecular complexity index is 486.